The van der Waals surface area contributed by atoms with Gasteiger partial charge < -0.3 is 16.2 Å². The molecule has 1 rings (SSSR count). The summed E-state index contributed by atoms with van der Waals surface area (Å²) < 4.78 is 0. The molecule has 3 nitrogen and oxygen atoms in total. The molecule has 0 bridgehead atoms. The van der Waals surface area contributed by atoms with Crippen LogP contribution >= 0.6 is 0 Å². The third-order valence-electron chi connectivity index (χ3n) is 2.71. The van der Waals surface area contributed by atoms with Crippen molar-refractivity contribution in [2.45, 2.75) is 39.7 Å². The third kappa shape index (κ3) is 4.65. The normalized spacial score (nSPS) is 14.7. The molecule has 0 fully saturated rings. The van der Waals surface area contributed by atoms with Gasteiger partial charge in [-0.3, -0.25) is 0 Å². The smallest absolute Gasteiger partial charge is 0.0793 e. The Morgan fingerprint density at radius 3 is 2.59 bits per heavy atom. The summed E-state index contributed by atoms with van der Waals surface area (Å²) in [6.45, 7) is 8.58. The van der Waals surface area contributed by atoms with Crippen molar-refractivity contribution in [2.24, 2.45) is 5.92 Å². The van der Waals surface area contributed by atoms with E-state index >= 15 is 0 Å². The van der Waals surface area contributed by atoms with Crippen molar-refractivity contribution in [1.82, 2.24) is 0 Å². The summed E-state index contributed by atoms with van der Waals surface area (Å²) >= 11 is 0. The number of nitrogen functional groups attached to an aromatic ring is 1. The number of hydrogen-bond acceptors (Lipinski definition) is 3. The van der Waals surface area contributed by atoms with Gasteiger partial charge in [-0.15, -0.1) is 0 Å². The van der Waals surface area contributed by atoms with Crippen molar-refractivity contribution in [3.63, 3.8) is 0 Å². The van der Waals surface area contributed by atoms with Crippen LogP contribution in [-0.2, 0) is 0 Å². The fourth-order valence-electron chi connectivity index (χ4n) is 2.08. The minimum atomic E-state index is -0.703. The Balaban J connectivity index is 2.61. The Kier molecular flexibility index (Phi) is 4.40. The lowest BCUT2D eigenvalue weighted by molar-refractivity contribution is 0.0516. The van der Waals surface area contributed by atoms with E-state index in [1.807, 2.05) is 32.0 Å². The molecule has 1 aromatic carbocycles. The maximum absolute atomic E-state index is 10.2. The largest absolute Gasteiger partial charge is 0.397 e. The Hall–Kier alpha value is -1.22. The second-order valence-corrected chi connectivity index (χ2v) is 5.54. The Morgan fingerprint density at radius 2 is 2.06 bits per heavy atom. The number of rotatable bonds is 5. The Labute approximate surface area is 104 Å². The molecule has 0 saturated carbocycles. The zero-order chi connectivity index (χ0) is 13.1. The number of nitrogens with two attached hydrogens (primary N) is 1. The molecule has 0 aliphatic heterocycles. The summed E-state index contributed by atoms with van der Waals surface area (Å²) in [5.41, 5.74) is 7.96. The number of aliphatic hydroxyl groups is 1. The Bertz CT molecular complexity index is 372. The minimum Gasteiger partial charge on any atom is -0.397 e. The van der Waals surface area contributed by atoms with Gasteiger partial charge in [0.25, 0.3) is 0 Å². The number of aryl methyl sites for hydroxylation is 1. The van der Waals surface area contributed by atoms with Crippen molar-refractivity contribution < 1.29 is 5.11 Å². The lowest BCUT2D eigenvalue weighted by Crippen LogP contribution is -2.35. The van der Waals surface area contributed by atoms with E-state index in [4.69, 9.17) is 5.73 Å². The van der Waals surface area contributed by atoms with Gasteiger partial charge in [-0.2, -0.15) is 0 Å². The molecule has 17 heavy (non-hydrogen) atoms. The molecule has 0 saturated heterocycles. The first-order valence-electron chi connectivity index (χ1n) is 6.12. The van der Waals surface area contributed by atoms with Gasteiger partial charge in [0.2, 0.25) is 0 Å². The van der Waals surface area contributed by atoms with Crippen LogP contribution in [0.1, 0.15) is 32.8 Å². The van der Waals surface area contributed by atoms with Crippen LogP contribution in [0.5, 0.6) is 0 Å². The van der Waals surface area contributed by atoms with E-state index in [2.05, 4.69) is 19.2 Å². The first-order chi connectivity index (χ1) is 7.80. The van der Waals surface area contributed by atoms with Crippen LogP contribution < -0.4 is 11.1 Å². The monoisotopic (exact) mass is 236 g/mol. The lowest BCUT2D eigenvalue weighted by Gasteiger charge is -2.26. The minimum absolute atomic E-state index is 0.474. The van der Waals surface area contributed by atoms with Gasteiger partial charge >= 0.3 is 0 Å². The summed E-state index contributed by atoms with van der Waals surface area (Å²) in [5, 5.41) is 13.4. The molecular formula is C14H24N2O. The zero-order valence-corrected chi connectivity index (χ0v) is 11.2. The average molecular weight is 236 g/mol. The van der Waals surface area contributed by atoms with E-state index in [0.717, 1.165) is 23.4 Å². The second kappa shape index (κ2) is 5.41. The summed E-state index contributed by atoms with van der Waals surface area (Å²) in [4.78, 5) is 0. The molecule has 96 valence electrons. The molecular weight excluding hydrogens is 212 g/mol. The quantitative estimate of drug-likeness (QED) is 0.689. The van der Waals surface area contributed by atoms with Crippen molar-refractivity contribution in [3.05, 3.63) is 23.8 Å². The topological polar surface area (TPSA) is 58.3 Å². The van der Waals surface area contributed by atoms with Crippen LogP contribution in [-0.4, -0.2) is 17.3 Å². The van der Waals surface area contributed by atoms with E-state index in [-0.39, 0.29) is 0 Å². The van der Waals surface area contributed by atoms with E-state index in [9.17, 15) is 5.11 Å². The van der Waals surface area contributed by atoms with Gasteiger partial charge in [-0.25, -0.2) is 0 Å². The predicted molar refractivity (Wildman–Crippen MR) is 74.2 cm³/mol. The molecule has 3 heteroatoms. The van der Waals surface area contributed by atoms with E-state index < -0.39 is 5.60 Å². The molecule has 0 heterocycles. The van der Waals surface area contributed by atoms with Crippen molar-refractivity contribution in [2.75, 3.05) is 17.6 Å². The van der Waals surface area contributed by atoms with Crippen LogP contribution in [0.3, 0.4) is 0 Å². The first kappa shape index (κ1) is 13.8. The standard InChI is InChI=1S/C14H24N2O/c1-10(2)8-14(4,17)9-16-13-6-5-11(3)7-12(13)15/h5-7,10,16-17H,8-9,15H2,1-4H3. The zero-order valence-electron chi connectivity index (χ0n) is 11.2. The van der Waals surface area contributed by atoms with Crippen molar-refractivity contribution >= 4 is 11.4 Å². The molecule has 0 aliphatic carbocycles. The summed E-state index contributed by atoms with van der Waals surface area (Å²) in [6, 6.07) is 5.89. The highest BCUT2D eigenvalue weighted by Gasteiger charge is 2.21. The van der Waals surface area contributed by atoms with Crippen molar-refractivity contribution in [3.8, 4) is 0 Å². The molecule has 1 unspecified atom stereocenters. The van der Waals surface area contributed by atoms with E-state index in [0.29, 0.717) is 12.5 Å². The van der Waals surface area contributed by atoms with Gasteiger partial charge in [-0.05, 0) is 43.9 Å². The van der Waals surface area contributed by atoms with Gasteiger partial charge in [0.05, 0.1) is 17.0 Å². The summed E-state index contributed by atoms with van der Waals surface area (Å²) in [7, 11) is 0. The first-order valence-corrected chi connectivity index (χ1v) is 6.12. The summed E-state index contributed by atoms with van der Waals surface area (Å²) in [5.74, 6) is 0.474. The second-order valence-electron chi connectivity index (χ2n) is 5.54. The van der Waals surface area contributed by atoms with Crippen LogP contribution in [0.2, 0.25) is 0 Å². The maximum atomic E-state index is 10.2. The van der Waals surface area contributed by atoms with E-state index in [1.54, 1.807) is 0 Å². The molecule has 0 aliphatic rings. The molecule has 4 N–H and O–H groups in total. The highest BCUT2D eigenvalue weighted by atomic mass is 16.3. The van der Waals surface area contributed by atoms with Gasteiger partial charge in [0.1, 0.15) is 0 Å². The van der Waals surface area contributed by atoms with Gasteiger partial charge in [0, 0.05) is 6.54 Å². The van der Waals surface area contributed by atoms with Crippen molar-refractivity contribution in [1.29, 1.82) is 0 Å². The third-order valence-corrected chi connectivity index (χ3v) is 2.71. The Morgan fingerprint density at radius 1 is 1.41 bits per heavy atom. The van der Waals surface area contributed by atoms with Crippen LogP contribution in [0, 0.1) is 12.8 Å². The van der Waals surface area contributed by atoms with Crippen LogP contribution in [0.4, 0.5) is 11.4 Å². The molecule has 0 aromatic heterocycles. The number of anilines is 2. The molecule has 0 radical (unpaired) electrons. The molecule has 0 spiro atoms. The van der Waals surface area contributed by atoms with Gasteiger partial charge in [0.15, 0.2) is 0 Å². The fraction of sp³-hybridized carbons (Fsp3) is 0.571. The molecule has 0 amide bonds. The van der Waals surface area contributed by atoms with E-state index in [1.165, 1.54) is 0 Å². The lowest BCUT2D eigenvalue weighted by atomic mass is 9.94. The number of hydrogen-bond donors (Lipinski definition) is 3. The van der Waals surface area contributed by atoms with Crippen LogP contribution in [0.25, 0.3) is 0 Å². The molecule has 1 atom stereocenters. The average Bonchev–Trinajstić information content (AvgIpc) is 2.14. The van der Waals surface area contributed by atoms with Gasteiger partial charge in [-0.1, -0.05) is 19.9 Å². The highest BCUT2D eigenvalue weighted by Crippen LogP contribution is 2.22. The maximum Gasteiger partial charge on any atom is 0.0793 e. The molecule has 1 aromatic rings. The summed E-state index contributed by atoms with van der Waals surface area (Å²) in [6.07, 6.45) is 0.770. The predicted octanol–water partition coefficient (Wildman–Crippen LogP) is 2.79. The fourth-order valence-corrected chi connectivity index (χ4v) is 2.08. The number of benzene rings is 1. The highest BCUT2D eigenvalue weighted by molar-refractivity contribution is 5.66. The van der Waals surface area contributed by atoms with Crippen LogP contribution in [0.15, 0.2) is 18.2 Å². The number of nitrogens with one attached hydrogen (secondary N) is 1. The SMILES string of the molecule is Cc1ccc(NCC(C)(O)CC(C)C)c(N)c1.